The Morgan fingerprint density at radius 3 is 2.88 bits per heavy atom. The molecule has 0 fully saturated rings. The van der Waals surface area contributed by atoms with Crippen molar-refractivity contribution in [1.29, 1.82) is 0 Å². The highest BCUT2D eigenvalue weighted by molar-refractivity contribution is 5.43. The Bertz CT molecular complexity index is 341. The summed E-state index contributed by atoms with van der Waals surface area (Å²) in [4.78, 5) is 5.08. The summed E-state index contributed by atoms with van der Waals surface area (Å²) in [6.45, 7) is 4.72. The first kappa shape index (κ1) is 11.2. The minimum Gasteiger partial charge on any atom is -0.490 e. The molecule has 0 amide bonds. The van der Waals surface area contributed by atoms with Crippen LogP contribution in [0.2, 0.25) is 0 Å². The van der Waals surface area contributed by atoms with E-state index in [0.29, 0.717) is 13.2 Å². The van der Waals surface area contributed by atoms with Crippen LogP contribution in [0.3, 0.4) is 0 Å². The molecule has 16 heavy (non-hydrogen) atoms. The van der Waals surface area contributed by atoms with Gasteiger partial charge in [0, 0.05) is 13.0 Å². The molecule has 0 atom stereocenters. The molecule has 88 valence electrons. The Morgan fingerprint density at radius 2 is 2.06 bits per heavy atom. The first-order valence-corrected chi connectivity index (χ1v) is 5.63. The van der Waals surface area contributed by atoms with Crippen LogP contribution < -0.4 is 15.0 Å². The molecule has 0 saturated heterocycles. The van der Waals surface area contributed by atoms with Gasteiger partial charge in [0.05, 0.1) is 19.8 Å². The van der Waals surface area contributed by atoms with Gasteiger partial charge in [-0.3, -0.25) is 0 Å². The van der Waals surface area contributed by atoms with Crippen LogP contribution in [0.15, 0.2) is 18.2 Å². The molecule has 1 aromatic carbocycles. The number of hydroxylamine groups is 1. The van der Waals surface area contributed by atoms with Crippen molar-refractivity contribution in [2.75, 3.05) is 19.8 Å². The van der Waals surface area contributed by atoms with E-state index in [9.17, 15) is 0 Å². The van der Waals surface area contributed by atoms with E-state index in [1.54, 1.807) is 0 Å². The second-order valence-electron chi connectivity index (χ2n) is 3.59. The number of benzene rings is 1. The lowest BCUT2D eigenvalue weighted by atomic mass is 10.2. The Kier molecular flexibility index (Phi) is 4.02. The van der Waals surface area contributed by atoms with Crippen molar-refractivity contribution in [3.63, 3.8) is 0 Å². The average molecular weight is 223 g/mol. The van der Waals surface area contributed by atoms with Gasteiger partial charge in [0.1, 0.15) is 0 Å². The number of fused-ring (bicyclic) bond motifs is 1. The summed E-state index contributed by atoms with van der Waals surface area (Å²) in [6.07, 6.45) is 0.932. The molecule has 4 heteroatoms. The zero-order valence-corrected chi connectivity index (χ0v) is 9.49. The molecule has 4 nitrogen and oxygen atoms in total. The summed E-state index contributed by atoms with van der Waals surface area (Å²) in [6, 6.07) is 5.95. The van der Waals surface area contributed by atoms with E-state index in [1.165, 1.54) is 0 Å². The molecule has 2 rings (SSSR count). The second-order valence-corrected chi connectivity index (χ2v) is 3.59. The summed E-state index contributed by atoms with van der Waals surface area (Å²) in [5.74, 6) is 1.66. The van der Waals surface area contributed by atoms with Crippen LogP contribution in [0.5, 0.6) is 11.5 Å². The van der Waals surface area contributed by atoms with Gasteiger partial charge in [0.2, 0.25) is 0 Å². The molecule has 0 unspecified atom stereocenters. The fraction of sp³-hybridized carbons (Fsp3) is 0.500. The topological polar surface area (TPSA) is 39.7 Å². The lowest BCUT2D eigenvalue weighted by Gasteiger charge is -2.09. The van der Waals surface area contributed by atoms with Crippen LogP contribution >= 0.6 is 0 Å². The zero-order chi connectivity index (χ0) is 11.2. The highest BCUT2D eigenvalue weighted by atomic mass is 16.6. The Labute approximate surface area is 95.5 Å². The largest absolute Gasteiger partial charge is 0.490 e. The molecular formula is C12H17NO3. The standard InChI is InChI=1S/C12H17NO3/c1-2-16-13-9-10-4-5-11-12(8-10)15-7-3-6-14-11/h4-5,8,13H,2-3,6-7,9H2,1H3. The molecule has 0 aliphatic carbocycles. The first-order chi connectivity index (χ1) is 7.90. The fourth-order valence-electron chi connectivity index (χ4n) is 1.55. The summed E-state index contributed by atoms with van der Waals surface area (Å²) in [7, 11) is 0. The molecule has 0 saturated carbocycles. The van der Waals surface area contributed by atoms with E-state index in [2.05, 4.69) is 5.48 Å². The van der Waals surface area contributed by atoms with Gasteiger partial charge in [0.25, 0.3) is 0 Å². The molecule has 0 aromatic heterocycles. The number of nitrogens with one attached hydrogen (secondary N) is 1. The lowest BCUT2D eigenvalue weighted by Crippen LogP contribution is -2.13. The van der Waals surface area contributed by atoms with Gasteiger partial charge in [-0.05, 0) is 24.6 Å². The van der Waals surface area contributed by atoms with E-state index >= 15 is 0 Å². The van der Waals surface area contributed by atoms with Crippen LogP contribution in [0.1, 0.15) is 18.9 Å². The molecule has 1 aromatic rings. The molecule has 0 spiro atoms. The van der Waals surface area contributed by atoms with Gasteiger partial charge >= 0.3 is 0 Å². The monoisotopic (exact) mass is 223 g/mol. The highest BCUT2D eigenvalue weighted by Gasteiger charge is 2.10. The van der Waals surface area contributed by atoms with Crippen molar-refractivity contribution in [2.24, 2.45) is 0 Å². The number of hydrogen-bond donors (Lipinski definition) is 1. The van der Waals surface area contributed by atoms with Crippen molar-refractivity contribution in [1.82, 2.24) is 5.48 Å². The van der Waals surface area contributed by atoms with Gasteiger partial charge in [-0.1, -0.05) is 6.07 Å². The van der Waals surface area contributed by atoms with Crippen LogP contribution in [-0.4, -0.2) is 19.8 Å². The van der Waals surface area contributed by atoms with E-state index in [4.69, 9.17) is 14.3 Å². The van der Waals surface area contributed by atoms with Crippen molar-refractivity contribution in [3.05, 3.63) is 23.8 Å². The van der Waals surface area contributed by atoms with Crippen molar-refractivity contribution < 1.29 is 14.3 Å². The summed E-state index contributed by atoms with van der Waals surface area (Å²) in [5, 5.41) is 0. The number of hydrogen-bond acceptors (Lipinski definition) is 4. The molecule has 1 N–H and O–H groups in total. The minimum absolute atomic E-state index is 0.657. The van der Waals surface area contributed by atoms with Crippen molar-refractivity contribution >= 4 is 0 Å². The predicted octanol–water partition coefficient (Wildman–Crippen LogP) is 1.89. The number of ether oxygens (including phenoxy) is 2. The predicted molar refractivity (Wildman–Crippen MR) is 60.5 cm³/mol. The molecular weight excluding hydrogens is 206 g/mol. The smallest absolute Gasteiger partial charge is 0.161 e. The SMILES string of the molecule is CCONCc1ccc2c(c1)OCCCO2. The highest BCUT2D eigenvalue weighted by Crippen LogP contribution is 2.30. The third-order valence-electron chi connectivity index (χ3n) is 2.33. The minimum atomic E-state index is 0.657. The van der Waals surface area contributed by atoms with Crippen molar-refractivity contribution in [2.45, 2.75) is 19.9 Å². The summed E-state index contributed by atoms with van der Waals surface area (Å²) in [5.41, 5.74) is 4.00. The third kappa shape index (κ3) is 2.87. The van der Waals surface area contributed by atoms with Gasteiger partial charge < -0.3 is 14.3 Å². The molecule has 1 heterocycles. The van der Waals surface area contributed by atoms with Gasteiger partial charge in [0.15, 0.2) is 11.5 Å². The Balaban J connectivity index is 2.02. The zero-order valence-electron chi connectivity index (χ0n) is 9.49. The molecule has 1 aliphatic heterocycles. The van der Waals surface area contributed by atoms with Crippen molar-refractivity contribution in [3.8, 4) is 11.5 Å². The molecule has 0 radical (unpaired) electrons. The van der Waals surface area contributed by atoms with E-state index < -0.39 is 0 Å². The van der Waals surface area contributed by atoms with Gasteiger partial charge in [-0.15, -0.1) is 0 Å². The number of rotatable bonds is 4. The molecule has 1 aliphatic rings. The van der Waals surface area contributed by atoms with Crippen LogP contribution in [0, 0.1) is 0 Å². The quantitative estimate of drug-likeness (QED) is 0.625. The maximum atomic E-state index is 5.60. The Morgan fingerprint density at radius 1 is 1.25 bits per heavy atom. The average Bonchev–Trinajstić information content (AvgIpc) is 2.54. The summed E-state index contributed by atoms with van der Waals surface area (Å²) < 4.78 is 11.2. The maximum absolute atomic E-state index is 5.60. The second kappa shape index (κ2) is 5.72. The van der Waals surface area contributed by atoms with E-state index in [0.717, 1.165) is 36.7 Å². The molecule has 0 bridgehead atoms. The lowest BCUT2D eigenvalue weighted by molar-refractivity contribution is 0.0463. The Hall–Kier alpha value is -1.26. The van der Waals surface area contributed by atoms with Crippen LogP contribution in [-0.2, 0) is 11.4 Å². The van der Waals surface area contributed by atoms with Gasteiger partial charge in [-0.2, -0.15) is 5.48 Å². The normalized spacial score (nSPS) is 14.6. The van der Waals surface area contributed by atoms with Gasteiger partial charge in [-0.25, -0.2) is 0 Å². The maximum Gasteiger partial charge on any atom is 0.161 e. The fourth-order valence-corrected chi connectivity index (χ4v) is 1.55. The summed E-state index contributed by atoms with van der Waals surface area (Å²) >= 11 is 0. The third-order valence-corrected chi connectivity index (χ3v) is 2.33. The van der Waals surface area contributed by atoms with Crippen LogP contribution in [0.4, 0.5) is 0 Å². The first-order valence-electron chi connectivity index (χ1n) is 5.63. The van der Waals surface area contributed by atoms with E-state index in [-0.39, 0.29) is 0 Å². The van der Waals surface area contributed by atoms with Crippen LogP contribution in [0.25, 0.3) is 0 Å². The van der Waals surface area contributed by atoms with E-state index in [1.807, 2.05) is 25.1 Å².